The van der Waals surface area contributed by atoms with Crippen molar-refractivity contribution >= 4 is 0 Å². The lowest BCUT2D eigenvalue weighted by atomic mass is 9.91. The van der Waals surface area contributed by atoms with Crippen molar-refractivity contribution in [3.63, 3.8) is 0 Å². The summed E-state index contributed by atoms with van der Waals surface area (Å²) >= 11 is 0. The Balaban J connectivity index is 1.81. The van der Waals surface area contributed by atoms with E-state index in [0.29, 0.717) is 6.10 Å². The second-order valence-corrected chi connectivity index (χ2v) is 5.56. The van der Waals surface area contributed by atoms with Crippen molar-refractivity contribution in [2.45, 2.75) is 76.4 Å². The summed E-state index contributed by atoms with van der Waals surface area (Å²) in [5.41, 5.74) is 7.85. The molecule has 1 aliphatic heterocycles. The first-order valence-corrected chi connectivity index (χ1v) is 7.42. The Hall–Kier alpha value is -0.340. The Morgan fingerprint density at radius 2 is 2.06 bits per heavy atom. The zero-order valence-electron chi connectivity index (χ0n) is 11.0. The van der Waals surface area contributed by atoms with E-state index in [0.717, 1.165) is 13.0 Å². The van der Waals surface area contributed by atoms with Crippen LogP contribution in [0.2, 0.25) is 0 Å². The van der Waals surface area contributed by atoms with Crippen LogP contribution >= 0.6 is 0 Å². The average molecular weight is 237 g/mol. The smallest absolute Gasteiger partial charge is 0.0593 e. The van der Waals surface area contributed by atoms with E-state index in [1.54, 1.807) is 0 Å². The number of allylic oxidation sites excluding steroid dienone is 1. The number of nitrogens with two attached hydrogens (primary N) is 1. The normalized spacial score (nSPS) is 29.0. The molecule has 2 heteroatoms. The fraction of sp³-hybridized carbons (Fsp3) is 0.867. The van der Waals surface area contributed by atoms with Crippen LogP contribution in [0, 0.1) is 0 Å². The molecule has 1 saturated heterocycles. The highest BCUT2D eigenvalue weighted by molar-refractivity contribution is 5.11. The fourth-order valence-corrected chi connectivity index (χ4v) is 2.98. The molecule has 0 aromatic carbocycles. The third kappa shape index (κ3) is 4.44. The first-order valence-electron chi connectivity index (χ1n) is 7.42. The van der Waals surface area contributed by atoms with Crippen molar-refractivity contribution in [2.75, 3.05) is 6.61 Å². The molecule has 0 spiro atoms. The highest BCUT2D eigenvalue weighted by Crippen LogP contribution is 2.23. The molecule has 2 nitrogen and oxygen atoms in total. The maximum absolute atomic E-state index is 6.35. The van der Waals surface area contributed by atoms with Crippen molar-refractivity contribution in [1.29, 1.82) is 0 Å². The van der Waals surface area contributed by atoms with Crippen LogP contribution in [0.3, 0.4) is 0 Å². The molecule has 17 heavy (non-hydrogen) atoms. The standard InChI is InChI=1S/C15H27NO/c16-15(12-14-10-6-7-11-17-14)13-8-4-2-1-3-5-9-13/h8,14-15H,1-7,9-12,16H2. The Kier molecular flexibility index (Phi) is 5.53. The Labute approximate surface area is 106 Å². The molecule has 0 aromatic rings. The van der Waals surface area contributed by atoms with Gasteiger partial charge in [-0.2, -0.15) is 0 Å². The molecule has 0 saturated carbocycles. The number of ether oxygens (including phenoxy) is 1. The molecule has 2 unspecified atom stereocenters. The van der Waals surface area contributed by atoms with Crippen LogP contribution in [0.15, 0.2) is 11.6 Å². The molecule has 1 heterocycles. The average Bonchev–Trinajstić information content (AvgIpc) is 2.29. The third-order valence-electron chi connectivity index (χ3n) is 4.09. The zero-order chi connectivity index (χ0) is 11.9. The quantitative estimate of drug-likeness (QED) is 0.762. The largest absolute Gasteiger partial charge is 0.378 e. The second kappa shape index (κ2) is 7.17. The minimum Gasteiger partial charge on any atom is -0.378 e. The summed E-state index contributed by atoms with van der Waals surface area (Å²) in [6, 6.07) is 0.246. The molecule has 0 radical (unpaired) electrons. The monoisotopic (exact) mass is 237 g/mol. The van der Waals surface area contributed by atoms with Gasteiger partial charge >= 0.3 is 0 Å². The summed E-state index contributed by atoms with van der Waals surface area (Å²) in [4.78, 5) is 0. The van der Waals surface area contributed by atoms with E-state index in [4.69, 9.17) is 10.5 Å². The van der Waals surface area contributed by atoms with E-state index in [-0.39, 0.29) is 6.04 Å². The summed E-state index contributed by atoms with van der Waals surface area (Å²) in [7, 11) is 0. The van der Waals surface area contributed by atoms with Crippen LogP contribution in [0.4, 0.5) is 0 Å². The molecule has 0 amide bonds. The second-order valence-electron chi connectivity index (χ2n) is 5.56. The van der Waals surface area contributed by atoms with Crippen LogP contribution in [-0.2, 0) is 4.74 Å². The van der Waals surface area contributed by atoms with Crippen molar-refractivity contribution in [3.8, 4) is 0 Å². The molecule has 2 atom stereocenters. The fourth-order valence-electron chi connectivity index (χ4n) is 2.98. The highest BCUT2D eigenvalue weighted by Gasteiger charge is 2.19. The van der Waals surface area contributed by atoms with Crippen LogP contribution in [0.25, 0.3) is 0 Å². The molecule has 0 aromatic heterocycles. The van der Waals surface area contributed by atoms with Gasteiger partial charge in [-0.05, 0) is 51.4 Å². The van der Waals surface area contributed by atoms with Gasteiger partial charge in [0, 0.05) is 12.6 Å². The van der Waals surface area contributed by atoms with Gasteiger partial charge in [0.1, 0.15) is 0 Å². The molecule has 0 bridgehead atoms. The van der Waals surface area contributed by atoms with E-state index in [2.05, 4.69) is 6.08 Å². The topological polar surface area (TPSA) is 35.2 Å². The molecule has 1 aliphatic carbocycles. The van der Waals surface area contributed by atoms with Crippen molar-refractivity contribution in [1.82, 2.24) is 0 Å². The minimum atomic E-state index is 0.246. The Morgan fingerprint density at radius 3 is 2.88 bits per heavy atom. The van der Waals surface area contributed by atoms with Gasteiger partial charge in [-0.15, -0.1) is 0 Å². The van der Waals surface area contributed by atoms with E-state index >= 15 is 0 Å². The molecular formula is C15H27NO. The lowest BCUT2D eigenvalue weighted by molar-refractivity contribution is 0.00897. The van der Waals surface area contributed by atoms with Crippen molar-refractivity contribution in [3.05, 3.63) is 11.6 Å². The lowest BCUT2D eigenvalue weighted by Gasteiger charge is -2.27. The predicted octanol–water partition coefficient (Wildman–Crippen LogP) is 3.55. The molecule has 2 aliphatic rings. The first kappa shape index (κ1) is 13.1. The van der Waals surface area contributed by atoms with Crippen molar-refractivity contribution in [2.24, 2.45) is 5.73 Å². The van der Waals surface area contributed by atoms with Gasteiger partial charge in [-0.1, -0.05) is 24.5 Å². The van der Waals surface area contributed by atoms with Gasteiger partial charge in [-0.25, -0.2) is 0 Å². The highest BCUT2D eigenvalue weighted by atomic mass is 16.5. The minimum absolute atomic E-state index is 0.246. The summed E-state index contributed by atoms with van der Waals surface area (Å²) in [6.07, 6.45) is 15.5. The van der Waals surface area contributed by atoms with Gasteiger partial charge in [0.15, 0.2) is 0 Å². The summed E-state index contributed by atoms with van der Waals surface area (Å²) in [5, 5.41) is 0. The van der Waals surface area contributed by atoms with Gasteiger partial charge in [0.25, 0.3) is 0 Å². The number of hydrogen-bond donors (Lipinski definition) is 1. The predicted molar refractivity (Wildman–Crippen MR) is 72.0 cm³/mol. The number of rotatable bonds is 3. The third-order valence-corrected chi connectivity index (χ3v) is 4.09. The molecule has 2 rings (SSSR count). The van der Waals surface area contributed by atoms with Gasteiger partial charge in [0.2, 0.25) is 0 Å². The van der Waals surface area contributed by atoms with Crippen LogP contribution in [-0.4, -0.2) is 18.8 Å². The molecule has 2 N–H and O–H groups in total. The van der Waals surface area contributed by atoms with E-state index in [1.165, 1.54) is 63.4 Å². The van der Waals surface area contributed by atoms with Crippen molar-refractivity contribution < 1.29 is 4.74 Å². The Morgan fingerprint density at radius 1 is 1.18 bits per heavy atom. The lowest BCUT2D eigenvalue weighted by Crippen LogP contribution is -2.31. The maximum atomic E-state index is 6.35. The molecular weight excluding hydrogens is 210 g/mol. The summed E-state index contributed by atoms with van der Waals surface area (Å²) < 4.78 is 5.79. The first-order chi connectivity index (χ1) is 8.36. The van der Waals surface area contributed by atoms with Crippen LogP contribution < -0.4 is 5.73 Å². The summed E-state index contributed by atoms with van der Waals surface area (Å²) in [5.74, 6) is 0. The molecule has 98 valence electrons. The maximum Gasteiger partial charge on any atom is 0.0593 e. The zero-order valence-corrected chi connectivity index (χ0v) is 11.0. The number of hydrogen-bond acceptors (Lipinski definition) is 2. The summed E-state index contributed by atoms with van der Waals surface area (Å²) in [6.45, 7) is 0.941. The van der Waals surface area contributed by atoms with E-state index in [1.807, 2.05) is 0 Å². The SMILES string of the molecule is NC(CC1CCCCO1)C1=CCCCCCC1. The van der Waals surface area contributed by atoms with E-state index < -0.39 is 0 Å². The molecule has 1 fully saturated rings. The van der Waals surface area contributed by atoms with Crippen LogP contribution in [0.5, 0.6) is 0 Å². The van der Waals surface area contributed by atoms with Gasteiger partial charge < -0.3 is 10.5 Å². The van der Waals surface area contributed by atoms with Gasteiger partial charge in [-0.3, -0.25) is 0 Å². The van der Waals surface area contributed by atoms with E-state index in [9.17, 15) is 0 Å². The van der Waals surface area contributed by atoms with Crippen LogP contribution in [0.1, 0.15) is 64.2 Å². The van der Waals surface area contributed by atoms with Gasteiger partial charge in [0.05, 0.1) is 6.10 Å². The Bertz CT molecular complexity index is 243.